The van der Waals surface area contributed by atoms with Crippen molar-refractivity contribution in [1.82, 2.24) is 4.57 Å². The number of hydrogen-bond acceptors (Lipinski definition) is 2. The molecule has 0 bridgehead atoms. The van der Waals surface area contributed by atoms with Crippen molar-refractivity contribution in [3.05, 3.63) is 69.6 Å². The lowest BCUT2D eigenvalue weighted by atomic mass is 10.1. The van der Waals surface area contributed by atoms with Crippen molar-refractivity contribution in [1.29, 1.82) is 0 Å². The molecular formula is C15H18N2O. The van der Waals surface area contributed by atoms with Crippen molar-refractivity contribution in [2.24, 2.45) is 5.73 Å². The van der Waals surface area contributed by atoms with Gasteiger partial charge in [0.1, 0.15) is 0 Å². The van der Waals surface area contributed by atoms with Crippen LogP contribution >= 0.6 is 0 Å². The Labute approximate surface area is 107 Å². The van der Waals surface area contributed by atoms with Gasteiger partial charge in [-0.05, 0) is 31.0 Å². The summed E-state index contributed by atoms with van der Waals surface area (Å²) < 4.78 is 1.65. The van der Waals surface area contributed by atoms with Crippen LogP contribution in [0.1, 0.15) is 22.7 Å². The Balaban J connectivity index is 2.18. The molecule has 0 aliphatic rings. The van der Waals surface area contributed by atoms with Crippen LogP contribution in [0.4, 0.5) is 0 Å². The van der Waals surface area contributed by atoms with Crippen LogP contribution in [-0.2, 0) is 6.54 Å². The van der Waals surface area contributed by atoms with Gasteiger partial charge in [-0.3, -0.25) is 4.79 Å². The molecule has 0 aliphatic heterocycles. The third kappa shape index (κ3) is 2.87. The van der Waals surface area contributed by atoms with Crippen molar-refractivity contribution in [3.63, 3.8) is 0 Å². The van der Waals surface area contributed by atoms with Crippen LogP contribution in [0.2, 0.25) is 0 Å². The van der Waals surface area contributed by atoms with Gasteiger partial charge in [0.05, 0.1) is 0 Å². The number of hydrogen-bond donors (Lipinski definition) is 1. The van der Waals surface area contributed by atoms with Crippen molar-refractivity contribution >= 4 is 0 Å². The summed E-state index contributed by atoms with van der Waals surface area (Å²) >= 11 is 0. The van der Waals surface area contributed by atoms with Crippen LogP contribution in [0.5, 0.6) is 0 Å². The van der Waals surface area contributed by atoms with Crippen molar-refractivity contribution in [2.45, 2.75) is 26.4 Å². The molecule has 1 aromatic carbocycles. The molecule has 0 radical (unpaired) electrons. The molecule has 1 atom stereocenters. The first-order chi connectivity index (χ1) is 8.56. The molecule has 0 spiro atoms. The molecule has 94 valence electrons. The van der Waals surface area contributed by atoms with E-state index in [1.807, 2.05) is 44.2 Å². The van der Waals surface area contributed by atoms with E-state index < -0.39 is 0 Å². The van der Waals surface area contributed by atoms with Gasteiger partial charge in [-0.2, -0.15) is 0 Å². The SMILES string of the molecule is Cc1ccc(C(N)Cn2ccc(C)cc2=O)cc1. The highest BCUT2D eigenvalue weighted by molar-refractivity contribution is 5.23. The van der Waals surface area contributed by atoms with Gasteiger partial charge in [-0.1, -0.05) is 29.8 Å². The van der Waals surface area contributed by atoms with E-state index in [-0.39, 0.29) is 11.6 Å². The Kier molecular flexibility index (Phi) is 3.63. The fraction of sp³-hybridized carbons (Fsp3) is 0.267. The maximum Gasteiger partial charge on any atom is 0.250 e. The summed E-state index contributed by atoms with van der Waals surface area (Å²) in [6, 6.07) is 11.5. The zero-order valence-corrected chi connectivity index (χ0v) is 10.8. The quantitative estimate of drug-likeness (QED) is 0.896. The number of aryl methyl sites for hydroxylation is 2. The molecule has 1 unspecified atom stereocenters. The lowest BCUT2D eigenvalue weighted by Gasteiger charge is -2.14. The number of rotatable bonds is 3. The van der Waals surface area contributed by atoms with Gasteiger partial charge in [0, 0.05) is 24.8 Å². The van der Waals surface area contributed by atoms with Gasteiger partial charge < -0.3 is 10.3 Å². The number of nitrogens with two attached hydrogens (primary N) is 1. The minimum atomic E-state index is -0.161. The van der Waals surface area contributed by atoms with Gasteiger partial charge in [-0.15, -0.1) is 0 Å². The summed E-state index contributed by atoms with van der Waals surface area (Å²) in [5, 5.41) is 0. The highest BCUT2D eigenvalue weighted by Gasteiger charge is 2.07. The fourth-order valence-corrected chi connectivity index (χ4v) is 1.89. The third-order valence-electron chi connectivity index (χ3n) is 3.05. The lowest BCUT2D eigenvalue weighted by Crippen LogP contribution is -2.26. The minimum Gasteiger partial charge on any atom is -0.322 e. The number of nitrogens with zero attached hydrogens (tertiary/aromatic N) is 1. The molecule has 0 fully saturated rings. The van der Waals surface area contributed by atoms with E-state index in [1.165, 1.54) is 5.56 Å². The van der Waals surface area contributed by atoms with Crippen LogP contribution < -0.4 is 11.3 Å². The van der Waals surface area contributed by atoms with Crippen LogP contribution in [0.25, 0.3) is 0 Å². The normalized spacial score (nSPS) is 12.4. The number of aromatic nitrogens is 1. The monoisotopic (exact) mass is 242 g/mol. The Bertz CT molecular complexity index is 584. The Morgan fingerprint density at radius 3 is 2.39 bits per heavy atom. The lowest BCUT2D eigenvalue weighted by molar-refractivity contribution is 0.561. The van der Waals surface area contributed by atoms with E-state index in [9.17, 15) is 4.79 Å². The van der Waals surface area contributed by atoms with Crippen molar-refractivity contribution in [2.75, 3.05) is 0 Å². The van der Waals surface area contributed by atoms with E-state index in [1.54, 1.807) is 16.8 Å². The molecule has 18 heavy (non-hydrogen) atoms. The largest absolute Gasteiger partial charge is 0.322 e. The van der Waals surface area contributed by atoms with Gasteiger partial charge in [-0.25, -0.2) is 0 Å². The van der Waals surface area contributed by atoms with Crippen LogP contribution in [-0.4, -0.2) is 4.57 Å². The van der Waals surface area contributed by atoms with Gasteiger partial charge in [0.25, 0.3) is 5.56 Å². The van der Waals surface area contributed by atoms with Gasteiger partial charge in [0.15, 0.2) is 0 Å². The maximum atomic E-state index is 11.8. The summed E-state index contributed by atoms with van der Waals surface area (Å²) in [4.78, 5) is 11.8. The van der Waals surface area contributed by atoms with E-state index in [0.717, 1.165) is 11.1 Å². The van der Waals surface area contributed by atoms with Crippen LogP contribution in [0, 0.1) is 13.8 Å². The molecule has 2 rings (SSSR count). The first kappa shape index (κ1) is 12.6. The molecule has 0 amide bonds. The maximum absolute atomic E-state index is 11.8. The van der Waals surface area contributed by atoms with Crippen molar-refractivity contribution < 1.29 is 0 Å². The molecule has 0 saturated heterocycles. The van der Waals surface area contributed by atoms with Crippen LogP contribution in [0.3, 0.4) is 0 Å². The highest BCUT2D eigenvalue weighted by atomic mass is 16.1. The summed E-state index contributed by atoms with van der Waals surface area (Å²) in [7, 11) is 0. The predicted molar refractivity (Wildman–Crippen MR) is 73.5 cm³/mol. The second kappa shape index (κ2) is 5.19. The Morgan fingerprint density at radius 2 is 1.78 bits per heavy atom. The molecule has 0 aliphatic carbocycles. The smallest absolute Gasteiger partial charge is 0.250 e. The molecule has 0 saturated carbocycles. The second-order valence-electron chi connectivity index (χ2n) is 4.71. The first-order valence-corrected chi connectivity index (χ1v) is 6.05. The topological polar surface area (TPSA) is 48.0 Å². The summed E-state index contributed by atoms with van der Waals surface area (Å²) in [6.07, 6.45) is 1.80. The predicted octanol–water partition coefficient (Wildman–Crippen LogP) is 2.17. The van der Waals surface area contributed by atoms with Crippen molar-refractivity contribution in [3.8, 4) is 0 Å². The molecule has 1 aromatic heterocycles. The van der Waals surface area contributed by atoms with E-state index in [2.05, 4.69) is 0 Å². The molecule has 3 nitrogen and oxygen atoms in total. The molecule has 3 heteroatoms. The zero-order chi connectivity index (χ0) is 13.1. The molecule has 2 N–H and O–H groups in total. The summed E-state index contributed by atoms with van der Waals surface area (Å²) in [6.45, 7) is 4.45. The molecule has 1 heterocycles. The van der Waals surface area contributed by atoms with E-state index in [0.29, 0.717) is 6.54 Å². The number of benzene rings is 1. The van der Waals surface area contributed by atoms with Gasteiger partial charge >= 0.3 is 0 Å². The second-order valence-corrected chi connectivity index (χ2v) is 4.71. The molecular weight excluding hydrogens is 224 g/mol. The standard InChI is InChI=1S/C15H18N2O/c1-11-3-5-13(6-4-11)14(16)10-17-8-7-12(2)9-15(17)18/h3-9,14H,10,16H2,1-2H3. The summed E-state index contributed by atoms with van der Waals surface area (Å²) in [5.74, 6) is 0. The average Bonchev–Trinajstić information content (AvgIpc) is 2.33. The highest BCUT2D eigenvalue weighted by Crippen LogP contribution is 2.12. The van der Waals surface area contributed by atoms with E-state index >= 15 is 0 Å². The first-order valence-electron chi connectivity index (χ1n) is 6.05. The molecule has 2 aromatic rings. The minimum absolute atomic E-state index is 0.00226. The number of pyridine rings is 1. The fourth-order valence-electron chi connectivity index (χ4n) is 1.89. The van der Waals surface area contributed by atoms with E-state index in [4.69, 9.17) is 5.73 Å². The Hall–Kier alpha value is -1.87. The third-order valence-corrected chi connectivity index (χ3v) is 3.05. The van der Waals surface area contributed by atoms with Gasteiger partial charge in [0.2, 0.25) is 0 Å². The summed E-state index contributed by atoms with van der Waals surface area (Å²) in [5.41, 5.74) is 9.35. The Morgan fingerprint density at radius 1 is 1.11 bits per heavy atom. The van der Waals surface area contributed by atoms with Crippen LogP contribution in [0.15, 0.2) is 47.4 Å². The zero-order valence-electron chi connectivity index (χ0n) is 10.8. The average molecular weight is 242 g/mol.